The first-order valence-electron chi connectivity index (χ1n) is 9.23. The molecule has 0 radical (unpaired) electrons. The first-order valence-corrected chi connectivity index (χ1v) is 9.23. The average molecular weight is 368 g/mol. The molecule has 1 amide bonds. The first kappa shape index (κ1) is 17.5. The molecular formula is C19H24N6O2. The Labute approximate surface area is 157 Å². The summed E-state index contributed by atoms with van der Waals surface area (Å²) in [6.45, 7) is 0.390. The van der Waals surface area contributed by atoms with Gasteiger partial charge in [0.15, 0.2) is 5.69 Å². The van der Waals surface area contributed by atoms with E-state index in [2.05, 4.69) is 20.6 Å². The molecule has 27 heavy (non-hydrogen) atoms. The molecule has 142 valence electrons. The van der Waals surface area contributed by atoms with Crippen LogP contribution >= 0.6 is 0 Å². The van der Waals surface area contributed by atoms with E-state index in [9.17, 15) is 4.79 Å². The first-order chi connectivity index (χ1) is 13.1. The number of hydrogen-bond donors (Lipinski definition) is 3. The van der Waals surface area contributed by atoms with Crippen LogP contribution in [0.25, 0.3) is 10.9 Å². The second-order valence-corrected chi connectivity index (χ2v) is 7.08. The number of aromatic amines is 1. The van der Waals surface area contributed by atoms with Gasteiger partial charge in [-0.25, -0.2) is 4.68 Å². The van der Waals surface area contributed by atoms with E-state index in [-0.39, 0.29) is 18.0 Å². The highest BCUT2D eigenvalue weighted by molar-refractivity contribution is 5.92. The number of methoxy groups -OCH3 is 1. The van der Waals surface area contributed by atoms with Crippen molar-refractivity contribution in [1.29, 1.82) is 0 Å². The summed E-state index contributed by atoms with van der Waals surface area (Å²) in [6.07, 6.45) is 5.65. The number of aromatic nitrogens is 4. The molecule has 4 N–H and O–H groups in total. The normalized spacial score (nSPS) is 19.9. The Bertz CT molecular complexity index is 939. The van der Waals surface area contributed by atoms with Crippen molar-refractivity contribution in [2.45, 2.75) is 44.3 Å². The standard InChI is InChI=1S/C19H24N6O2/c1-27-16-6-7-17-12(9-16)8-14(22-17)10-21-19(26)18-11-25(24-23-18)15-4-2-13(20)3-5-15/h6-9,11,13,15,22H,2-5,10,20H2,1H3,(H,21,26). The summed E-state index contributed by atoms with van der Waals surface area (Å²) < 4.78 is 7.04. The summed E-state index contributed by atoms with van der Waals surface area (Å²) in [5.41, 5.74) is 8.20. The number of carbonyl (C=O) groups is 1. The zero-order valence-corrected chi connectivity index (χ0v) is 15.3. The van der Waals surface area contributed by atoms with Crippen molar-refractivity contribution in [2.24, 2.45) is 5.73 Å². The van der Waals surface area contributed by atoms with Gasteiger partial charge in [0.1, 0.15) is 5.75 Å². The Balaban J connectivity index is 1.38. The zero-order chi connectivity index (χ0) is 18.8. The van der Waals surface area contributed by atoms with Crippen molar-refractivity contribution in [2.75, 3.05) is 7.11 Å². The molecule has 8 nitrogen and oxygen atoms in total. The molecule has 1 aromatic carbocycles. The number of H-pyrrole nitrogens is 1. The molecule has 1 aliphatic rings. The lowest BCUT2D eigenvalue weighted by molar-refractivity contribution is 0.0945. The number of nitrogens with two attached hydrogens (primary N) is 1. The van der Waals surface area contributed by atoms with Crippen LogP contribution in [0.4, 0.5) is 0 Å². The molecule has 3 aromatic rings. The summed E-state index contributed by atoms with van der Waals surface area (Å²) in [7, 11) is 1.64. The van der Waals surface area contributed by atoms with Crippen LogP contribution in [0.3, 0.4) is 0 Å². The average Bonchev–Trinajstić information content (AvgIpc) is 3.33. The topological polar surface area (TPSA) is 111 Å². The van der Waals surface area contributed by atoms with Gasteiger partial charge in [-0.3, -0.25) is 4.79 Å². The number of hydrogen-bond acceptors (Lipinski definition) is 5. The van der Waals surface area contributed by atoms with Gasteiger partial charge in [-0.1, -0.05) is 5.21 Å². The van der Waals surface area contributed by atoms with Crippen LogP contribution in [-0.2, 0) is 6.54 Å². The molecule has 8 heteroatoms. The molecular weight excluding hydrogens is 344 g/mol. The number of fused-ring (bicyclic) bond motifs is 1. The van der Waals surface area contributed by atoms with Crippen LogP contribution in [0.5, 0.6) is 5.75 Å². The van der Waals surface area contributed by atoms with Crippen molar-refractivity contribution in [3.05, 3.63) is 41.9 Å². The Kier molecular flexibility index (Phi) is 4.81. The summed E-state index contributed by atoms with van der Waals surface area (Å²) in [5.74, 6) is 0.572. The van der Waals surface area contributed by atoms with Gasteiger partial charge in [-0.15, -0.1) is 5.10 Å². The van der Waals surface area contributed by atoms with E-state index in [1.165, 1.54) is 0 Å². The maximum atomic E-state index is 12.4. The fourth-order valence-electron chi connectivity index (χ4n) is 3.58. The number of rotatable bonds is 5. The maximum Gasteiger partial charge on any atom is 0.273 e. The van der Waals surface area contributed by atoms with Crippen molar-refractivity contribution in [1.82, 2.24) is 25.3 Å². The molecule has 1 fully saturated rings. The summed E-state index contributed by atoms with van der Waals surface area (Å²) in [4.78, 5) is 15.7. The minimum Gasteiger partial charge on any atom is -0.497 e. The third-order valence-electron chi connectivity index (χ3n) is 5.18. The lowest BCUT2D eigenvalue weighted by Gasteiger charge is -2.25. The Hall–Kier alpha value is -2.87. The molecule has 0 aliphatic heterocycles. The summed E-state index contributed by atoms with van der Waals surface area (Å²) in [5, 5.41) is 12.1. The summed E-state index contributed by atoms with van der Waals surface area (Å²) >= 11 is 0. The highest BCUT2D eigenvalue weighted by atomic mass is 16.5. The quantitative estimate of drug-likeness (QED) is 0.639. The lowest BCUT2D eigenvalue weighted by Crippen LogP contribution is -2.28. The van der Waals surface area contributed by atoms with Gasteiger partial charge in [0, 0.05) is 22.6 Å². The van der Waals surface area contributed by atoms with Gasteiger partial charge in [0.2, 0.25) is 0 Å². The molecule has 4 rings (SSSR count). The van der Waals surface area contributed by atoms with Gasteiger partial charge >= 0.3 is 0 Å². The molecule has 0 saturated heterocycles. The molecule has 1 aliphatic carbocycles. The SMILES string of the molecule is COc1ccc2[nH]c(CNC(=O)c3cn(C4CCC(N)CC4)nn3)cc2c1. The van der Waals surface area contributed by atoms with E-state index < -0.39 is 0 Å². The predicted molar refractivity (Wildman–Crippen MR) is 102 cm³/mol. The number of amides is 1. The van der Waals surface area contributed by atoms with Crippen molar-refractivity contribution in [3.63, 3.8) is 0 Å². The Morgan fingerprint density at radius 3 is 2.93 bits per heavy atom. The van der Waals surface area contributed by atoms with Gasteiger partial charge in [-0.2, -0.15) is 0 Å². The fraction of sp³-hybridized carbons (Fsp3) is 0.421. The van der Waals surface area contributed by atoms with E-state index in [1.54, 1.807) is 18.0 Å². The van der Waals surface area contributed by atoms with Crippen molar-refractivity contribution >= 4 is 16.8 Å². The Morgan fingerprint density at radius 2 is 2.15 bits per heavy atom. The predicted octanol–water partition coefficient (Wildman–Crippen LogP) is 2.14. The van der Waals surface area contributed by atoms with E-state index >= 15 is 0 Å². The van der Waals surface area contributed by atoms with Gasteiger partial charge in [-0.05, 0) is 49.9 Å². The van der Waals surface area contributed by atoms with Crippen LogP contribution in [-0.4, -0.2) is 39.0 Å². The third kappa shape index (κ3) is 3.80. The number of nitrogens with zero attached hydrogens (tertiary/aromatic N) is 3. The summed E-state index contributed by atoms with van der Waals surface area (Å²) in [6, 6.07) is 8.38. The minimum atomic E-state index is -0.231. The molecule has 0 atom stereocenters. The van der Waals surface area contributed by atoms with Gasteiger partial charge < -0.3 is 20.8 Å². The van der Waals surface area contributed by atoms with E-state index in [0.29, 0.717) is 12.2 Å². The fourth-order valence-corrected chi connectivity index (χ4v) is 3.58. The van der Waals surface area contributed by atoms with E-state index in [4.69, 9.17) is 10.5 Å². The highest BCUT2D eigenvalue weighted by Gasteiger charge is 2.22. The maximum absolute atomic E-state index is 12.4. The number of benzene rings is 1. The van der Waals surface area contributed by atoms with Crippen LogP contribution < -0.4 is 15.8 Å². The molecule has 2 aromatic heterocycles. The van der Waals surface area contributed by atoms with Crippen molar-refractivity contribution < 1.29 is 9.53 Å². The van der Waals surface area contributed by atoms with E-state index in [1.807, 2.05) is 24.3 Å². The molecule has 1 saturated carbocycles. The number of ether oxygens (including phenoxy) is 1. The van der Waals surface area contributed by atoms with Crippen molar-refractivity contribution in [3.8, 4) is 5.75 Å². The molecule has 0 bridgehead atoms. The monoisotopic (exact) mass is 368 g/mol. The Morgan fingerprint density at radius 1 is 1.33 bits per heavy atom. The molecule has 0 spiro atoms. The van der Waals surface area contributed by atoms with Gasteiger partial charge in [0.25, 0.3) is 5.91 Å². The zero-order valence-electron chi connectivity index (χ0n) is 15.3. The van der Waals surface area contributed by atoms with E-state index in [0.717, 1.165) is 48.0 Å². The second kappa shape index (κ2) is 7.40. The third-order valence-corrected chi connectivity index (χ3v) is 5.18. The second-order valence-electron chi connectivity index (χ2n) is 7.08. The molecule has 2 heterocycles. The van der Waals surface area contributed by atoms with Crippen LogP contribution in [0, 0.1) is 0 Å². The van der Waals surface area contributed by atoms with Crippen LogP contribution in [0.1, 0.15) is 47.9 Å². The van der Waals surface area contributed by atoms with Gasteiger partial charge in [0.05, 0.1) is 25.9 Å². The minimum absolute atomic E-state index is 0.231. The number of carbonyl (C=O) groups excluding carboxylic acids is 1. The largest absolute Gasteiger partial charge is 0.497 e. The van der Waals surface area contributed by atoms with Crippen LogP contribution in [0.15, 0.2) is 30.5 Å². The smallest absolute Gasteiger partial charge is 0.273 e. The number of nitrogens with one attached hydrogen (secondary N) is 2. The highest BCUT2D eigenvalue weighted by Crippen LogP contribution is 2.26. The van der Waals surface area contributed by atoms with Crippen LogP contribution in [0.2, 0.25) is 0 Å². The lowest BCUT2D eigenvalue weighted by atomic mass is 9.92. The molecule has 0 unspecified atom stereocenters.